The molecule has 9 nitrogen and oxygen atoms in total. The van der Waals surface area contributed by atoms with E-state index in [0.29, 0.717) is 27.1 Å². The van der Waals surface area contributed by atoms with Gasteiger partial charge < -0.3 is 15.4 Å². The molecule has 4 aromatic rings. The predicted octanol–water partition coefficient (Wildman–Crippen LogP) is 6.41. The molecule has 194 valence electrons. The predicted molar refractivity (Wildman–Crippen MR) is 150 cm³/mol. The fraction of sp³-hybridized carbons (Fsp3) is 0.0385. The first-order valence-electron chi connectivity index (χ1n) is 11.0. The number of methoxy groups -OCH3 is 1. The Bertz CT molecular complexity index is 1580. The number of anilines is 3. The zero-order valence-corrected chi connectivity index (χ0v) is 22.2. The van der Waals surface area contributed by atoms with Crippen molar-refractivity contribution in [3.05, 3.63) is 100 Å². The minimum Gasteiger partial charge on any atom is -0.497 e. The molecule has 0 bridgehead atoms. The summed E-state index contributed by atoms with van der Waals surface area (Å²) in [5, 5.41) is 5.90. The number of sulfonamides is 1. The van der Waals surface area contributed by atoms with Gasteiger partial charge in [0, 0.05) is 17.6 Å². The molecule has 12 heteroatoms. The minimum atomic E-state index is -3.98. The van der Waals surface area contributed by atoms with E-state index < -0.39 is 16.1 Å². The molecule has 4 rings (SSSR count). The maximum atomic E-state index is 12.8. The average Bonchev–Trinajstić information content (AvgIpc) is 2.90. The summed E-state index contributed by atoms with van der Waals surface area (Å²) in [6, 6.07) is 18.8. The number of rotatable bonds is 8. The fourth-order valence-corrected chi connectivity index (χ4v) is 4.42. The minimum absolute atomic E-state index is 0.0317. The van der Waals surface area contributed by atoms with Crippen molar-refractivity contribution in [2.24, 2.45) is 0 Å². The molecule has 0 radical (unpaired) electrons. The first-order chi connectivity index (χ1) is 18.2. The molecule has 0 fully saturated rings. The van der Waals surface area contributed by atoms with Gasteiger partial charge in [0.1, 0.15) is 5.75 Å². The first kappa shape index (κ1) is 26.9. The van der Waals surface area contributed by atoms with Crippen LogP contribution in [-0.4, -0.2) is 31.5 Å². The molecule has 0 aliphatic rings. The van der Waals surface area contributed by atoms with Crippen molar-refractivity contribution in [2.45, 2.75) is 4.90 Å². The molecule has 0 spiro atoms. The van der Waals surface area contributed by atoms with E-state index in [2.05, 4.69) is 25.3 Å². The van der Waals surface area contributed by atoms with E-state index in [0.717, 1.165) is 11.3 Å². The molecule has 0 aliphatic carbocycles. The van der Waals surface area contributed by atoms with Crippen LogP contribution in [0.3, 0.4) is 0 Å². The van der Waals surface area contributed by atoms with Gasteiger partial charge in [-0.15, -0.1) is 0 Å². The fourth-order valence-electron chi connectivity index (χ4n) is 3.18. The molecule has 38 heavy (non-hydrogen) atoms. The summed E-state index contributed by atoms with van der Waals surface area (Å²) >= 11 is 11.8. The summed E-state index contributed by atoms with van der Waals surface area (Å²) in [5.41, 5.74) is 2.26. The third kappa shape index (κ3) is 7.22. The van der Waals surface area contributed by atoms with Crippen molar-refractivity contribution in [3.63, 3.8) is 0 Å². The summed E-state index contributed by atoms with van der Waals surface area (Å²) in [5.74, 6) is 0.668. The van der Waals surface area contributed by atoms with Crippen molar-refractivity contribution in [3.8, 4) is 5.75 Å². The van der Waals surface area contributed by atoms with E-state index in [1.807, 2.05) is 30.3 Å². The second-order valence-corrected chi connectivity index (χ2v) is 10.2. The first-order valence-corrected chi connectivity index (χ1v) is 13.3. The number of carbonyl (C=O) groups is 1. The smallest absolute Gasteiger partial charge is 0.323 e. The molecule has 1 heterocycles. The van der Waals surface area contributed by atoms with Gasteiger partial charge in [0.2, 0.25) is 5.95 Å². The van der Waals surface area contributed by atoms with E-state index in [1.165, 1.54) is 36.5 Å². The molecule has 3 N–H and O–H groups in total. The van der Waals surface area contributed by atoms with Gasteiger partial charge in [-0.1, -0.05) is 41.4 Å². The molecule has 0 saturated heterocycles. The third-order valence-corrected chi connectivity index (χ3v) is 7.15. The lowest BCUT2D eigenvalue weighted by Gasteiger charge is -2.10. The zero-order valence-electron chi connectivity index (χ0n) is 19.9. The Labute approximate surface area is 229 Å². The molecule has 1 aromatic heterocycles. The Morgan fingerprint density at radius 3 is 2.24 bits per heavy atom. The number of benzene rings is 3. The molecule has 0 aliphatic heterocycles. The van der Waals surface area contributed by atoms with Gasteiger partial charge >= 0.3 is 6.03 Å². The Balaban J connectivity index is 1.38. The van der Waals surface area contributed by atoms with Gasteiger partial charge in [-0.2, -0.15) is 0 Å². The second-order valence-electron chi connectivity index (χ2n) is 7.75. The van der Waals surface area contributed by atoms with Crippen LogP contribution in [0.25, 0.3) is 12.2 Å². The normalized spacial score (nSPS) is 11.2. The van der Waals surface area contributed by atoms with Crippen LogP contribution >= 0.6 is 23.2 Å². The number of amides is 2. The summed E-state index contributed by atoms with van der Waals surface area (Å²) in [7, 11) is -2.38. The van der Waals surface area contributed by atoms with Gasteiger partial charge in [0.05, 0.1) is 27.7 Å². The quantitative estimate of drug-likeness (QED) is 0.225. The van der Waals surface area contributed by atoms with E-state index in [1.54, 1.807) is 31.4 Å². The maximum Gasteiger partial charge on any atom is 0.323 e. The van der Waals surface area contributed by atoms with Gasteiger partial charge in [0.15, 0.2) is 0 Å². The average molecular weight is 570 g/mol. The van der Waals surface area contributed by atoms with Crippen molar-refractivity contribution in [1.82, 2.24) is 9.97 Å². The largest absolute Gasteiger partial charge is 0.497 e. The van der Waals surface area contributed by atoms with Crippen molar-refractivity contribution < 1.29 is 17.9 Å². The summed E-state index contributed by atoms with van der Waals surface area (Å²) in [4.78, 5) is 20.5. The number of urea groups is 1. The van der Waals surface area contributed by atoms with Crippen LogP contribution in [0.1, 0.15) is 11.3 Å². The van der Waals surface area contributed by atoms with Gasteiger partial charge in [0.25, 0.3) is 10.0 Å². The van der Waals surface area contributed by atoms with E-state index in [4.69, 9.17) is 27.9 Å². The number of hydrogen-bond acceptors (Lipinski definition) is 6. The lowest BCUT2D eigenvalue weighted by molar-refractivity contribution is 0.262. The molecule has 3 aromatic carbocycles. The number of nitrogens with one attached hydrogen (secondary N) is 3. The molecular formula is C26H21Cl2N5O4S. The lowest BCUT2D eigenvalue weighted by atomic mass is 10.2. The molecule has 0 saturated carbocycles. The third-order valence-electron chi connectivity index (χ3n) is 5.07. The van der Waals surface area contributed by atoms with Crippen molar-refractivity contribution >= 4 is 68.7 Å². The Kier molecular flexibility index (Phi) is 8.47. The Hall–Kier alpha value is -4.12. The standard InChI is InChI=1S/C26H21Cl2N5O4S/c1-37-21-9-3-17(4-10-21)2-5-19-14-15-29-25(30-19)33-38(35,36)22-11-6-18(7-12-22)31-26(34)32-20-8-13-23(27)24(28)16-20/h2-16H,1H3,(H,29,30,33)(H2,31,32,34). The van der Waals surface area contributed by atoms with Crippen LogP contribution in [0.4, 0.5) is 22.1 Å². The number of carbonyl (C=O) groups excluding carboxylic acids is 1. The van der Waals surface area contributed by atoms with Gasteiger partial charge in [-0.05, 0) is 72.3 Å². The highest BCUT2D eigenvalue weighted by molar-refractivity contribution is 7.92. The maximum absolute atomic E-state index is 12.8. The number of ether oxygens (including phenoxy) is 1. The monoisotopic (exact) mass is 569 g/mol. The summed E-state index contributed by atoms with van der Waals surface area (Å²) in [6.45, 7) is 0. The number of aromatic nitrogens is 2. The van der Waals surface area contributed by atoms with Crippen LogP contribution in [-0.2, 0) is 10.0 Å². The van der Waals surface area contributed by atoms with Crippen LogP contribution in [0.15, 0.2) is 83.9 Å². The number of hydrogen-bond donors (Lipinski definition) is 3. The molecule has 2 amide bonds. The Morgan fingerprint density at radius 2 is 1.55 bits per heavy atom. The van der Waals surface area contributed by atoms with E-state index >= 15 is 0 Å². The lowest BCUT2D eigenvalue weighted by Crippen LogP contribution is -2.19. The summed E-state index contributed by atoms with van der Waals surface area (Å²) < 4.78 is 33.2. The van der Waals surface area contributed by atoms with Crippen LogP contribution in [0.2, 0.25) is 10.0 Å². The van der Waals surface area contributed by atoms with Crippen LogP contribution in [0, 0.1) is 0 Å². The van der Waals surface area contributed by atoms with E-state index in [-0.39, 0.29) is 10.8 Å². The topological polar surface area (TPSA) is 122 Å². The number of halogens is 2. The Morgan fingerprint density at radius 1 is 0.868 bits per heavy atom. The number of nitrogens with zero attached hydrogens (tertiary/aromatic N) is 2. The van der Waals surface area contributed by atoms with Crippen LogP contribution < -0.4 is 20.1 Å². The second kappa shape index (κ2) is 12.0. The van der Waals surface area contributed by atoms with Gasteiger partial charge in [-0.25, -0.2) is 27.9 Å². The van der Waals surface area contributed by atoms with E-state index in [9.17, 15) is 13.2 Å². The molecular weight excluding hydrogens is 549 g/mol. The highest BCUT2D eigenvalue weighted by atomic mass is 35.5. The van der Waals surface area contributed by atoms with Crippen molar-refractivity contribution in [2.75, 3.05) is 22.5 Å². The highest BCUT2D eigenvalue weighted by Gasteiger charge is 2.16. The van der Waals surface area contributed by atoms with Gasteiger partial charge in [-0.3, -0.25) is 0 Å². The summed E-state index contributed by atoms with van der Waals surface area (Å²) in [6.07, 6.45) is 5.03. The highest BCUT2D eigenvalue weighted by Crippen LogP contribution is 2.25. The van der Waals surface area contributed by atoms with Crippen molar-refractivity contribution in [1.29, 1.82) is 0 Å². The molecule has 0 unspecified atom stereocenters. The zero-order chi connectivity index (χ0) is 27.1. The van der Waals surface area contributed by atoms with Crippen LogP contribution in [0.5, 0.6) is 5.75 Å². The molecule has 0 atom stereocenters. The SMILES string of the molecule is COc1ccc(C=Cc2ccnc(NS(=O)(=O)c3ccc(NC(=O)Nc4ccc(Cl)c(Cl)c4)cc3)n2)cc1.